The second-order valence-electron chi connectivity index (χ2n) is 6.68. The van der Waals surface area contributed by atoms with Crippen LogP contribution in [-0.2, 0) is 6.42 Å². The normalized spacial score (nSPS) is 31.8. The Balaban J connectivity index is 1.61. The minimum atomic E-state index is 0.670. The third-order valence-electron chi connectivity index (χ3n) is 5.57. The number of rotatable bonds is 4. The van der Waals surface area contributed by atoms with Crippen LogP contribution in [0.3, 0.4) is 0 Å². The zero-order valence-corrected chi connectivity index (χ0v) is 14.8. The third kappa shape index (κ3) is 3.48. The molecule has 0 bridgehead atoms. The fraction of sp³-hybridized carbons (Fsp3) is 0.765. The van der Waals surface area contributed by atoms with Gasteiger partial charge in [0.05, 0.1) is 3.79 Å². The first-order valence-corrected chi connectivity index (χ1v) is 9.78. The minimum Gasteiger partial charge on any atom is -0.316 e. The summed E-state index contributed by atoms with van der Waals surface area (Å²) in [6.07, 6.45) is 11.6. The van der Waals surface area contributed by atoms with E-state index in [9.17, 15) is 0 Å². The largest absolute Gasteiger partial charge is 0.316 e. The maximum atomic E-state index is 3.62. The van der Waals surface area contributed by atoms with E-state index in [0.29, 0.717) is 6.04 Å². The average Bonchev–Trinajstić information content (AvgIpc) is 2.89. The molecule has 0 aliphatic heterocycles. The van der Waals surface area contributed by atoms with Crippen molar-refractivity contribution in [2.75, 3.05) is 7.05 Å². The summed E-state index contributed by atoms with van der Waals surface area (Å²) in [4.78, 5) is 1.52. The summed E-state index contributed by atoms with van der Waals surface area (Å²) in [5.74, 6) is 2.99. The molecule has 0 saturated heterocycles. The van der Waals surface area contributed by atoms with Crippen LogP contribution < -0.4 is 5.32 Å². The number of likely N-dealkylation sites (N-methyl/N-ethyl adjacent to an activating group) is 1. The highest BCUT2D eigenvalue weighted by molar-refractivity contribution is 9.11. The Kier molecular flexibility index (Phi) is 5.22. The van der Waals surface area contributed by atoms with E-state index in [-0.39, 0.29) is 0 Å². The highest BCUT2D eigenvalue weighted by Gasteiger charge is 2.35. The van der Waals surface area contributed by atoms with Crippen LogP contribution in [0, 0.1) is 17.8 Å². The molecule has 1 aromatic rings. The maximum Gasteiger partial charge on any atom is 0.0701 e. The molecule has 1 aromatic heterocycles. The summed E-state index contributed by atoms with van der Waals surface area (Å²) >= 11 is 5.48. The molecule has 20 heavy (non-hydrogen) atoms. The number of thiophene rings is 1. The van der Waals surface area contributed by atoms with Gasteiger partial charge in [0.1, 0.15) is 0 Å². The standard InChI is InChI=1S/C17H26BrNS/c1-19-16(11-15-8-9-17(18)20-15)14-7-6-12-4-2-3-5-13(12)10-14/h8-9,12-14,16,19H,2-7,10-11H2,1H3. The van der Waals surface area contributed by atoms with Gasteiger partial charge in [-0.05, 0) is 78.5 Å². The number of hydrogen-bond acceptors (Lipinski definition) is 2. The summed E-state index contributed by atoms with van der Waals surface area (Å²) in [7, 11) is 2.15. The molecule has 3 rings (SSSR count). The molecule has 1 heterocycles. The molecule has 0 spiro atoms. The van der Waals surface area contributed by atoms with Crippen LogP contribution >= 0.6 is 27.3 Å². The van der Waals surface area contributed by atoms with Crippen molar-refractivity contribution in [2.45, 2.75) is 57.4 Å². The van der Waals surface area contributed by atoms with Crippen molar-refractivity contribution >= 4 is 27.3 Å². The Hall–Kier alpha value is 0.140. The lowest BCUT2D eigenvalue weighted by molar-refractivity contribution is 0.111. The maximum absolute atomic E-state index is 3.62. The van der Waals surface area contributed by atoms with Gasteiger partial charge in [-0.25, -0.2) is 0 Å². The van der Waals surface area contributed by atoms with E-state index in [2.05, 4.69) is 40.4 Å². The van der Waals surface area contributed by atoms with Crippen molar-refractivity contribution in [3.05, 3.63) is 20.8 Å². The molecule has 4 unspecified atom stereocenters. The highest BCUT2D eigenvalue weighted by atomic mass is 79.9. The van der Waals surface area contributed by atoms with Gasteiger partial charge in [0.2, 0.25) is 0 Å². The van der Waals surface area contributed by atoms with E-state index in [1.165, 1.54) is 60.0 Å². The van der Waals surface area contributed by atoms with Gasteiger partial charge in [-0.1, -0.05) is 25.7 Å². The predicted molar refractivity (Wildman–Crippen MR) is 91.4 cm³/mol. The molecule has 0 radical (unpaired) electrons. The van der Waals surface area contributed by atoms with Crippen molar-refractivity contribution in [2.24, 2.45) is 17.8 Å². The van der Waals surface area contributed by atoms with Gasteiger partial charge < -0.3 is 5.32 Å². The minimum absolute atomic E-state index is 0.670. The molecular formula is C17H26BrNS. The molecule has 2 fully saturated rings. The smallest absolute Gasteiger partial charge is 0.0701 e. The van der Waals surface area contributed by atoms with Crippen LogP contribution in [0.1, 0.15) is 49.8 Å². The molecule has 0 aromatic carbocycles. The van der Waals surface area contributed by atoms with Crippen molar-refractivity contribution in [1.82, 2.24) is 5.32 Å². The van der Waals surface area contributed by atoms with E-state index in [0.717, 1.165) is 17.8 Å². The molecule has 3 heteroatoms. The van der Waals surface area contributed by atoms with Crippen LogP contribution in [-0.4, -0.2) is 13.1 Å². The van der Waals surface area contributed by atoms with Gasteiger partial charge in [-0.15, -0.1) is 11.3 Å². The van der Waals surface area contributed by atoms with Gasteiger partial charge in [-0.3, -0.25) is 0 Å². The number of hydrogen-bond donors (Lipinski definition) is 1. The fourth-order valence-electron chi connectivity index (χ4n) is 4.46. The SMILES string of the molecule is CNC(Cc1ccc(Br)s1)C1CCC2CCCCC2C1. The highest BCUT2D eigenvalue weighted by Crippen LogP contribution is 2.44. The molecule has 1 nitrogen and oxygen atoms in total. The molecule has 112 valence electrons. The van der Waals surface area contributed by atoms with Crippen LogP contribution in [0.15, 0.2) is 15.9 Å². The van der Waals surface area contributed by atoms with E-state index in [4.69, 9.17) is 0 Å². The molecule has 0 amide bonds. The van der Waals surface area contributed by atoms with Gasteiger partial charge in [0.15, 0.2) is 0 Å². The average molecular weight is 356 g/mol. The summed E-state index contributed by atoms with van der Waals surface area (Å²) in [5.41, 5.74) is 0. The monoisotopic (exact) mass is 355 g/mol. The second kappa shape index (κ2) is 6.93. The zero-order chi connectivity index (χ0) is 13.9. The van der Waals surface area contributed by atoms with Gasteiger partial charge in [0.25, 0.3) is 0 Å². The lowest BCUT2D eigenvalue weighted by Crippen LogP contribution is -2.40. The van der Waals surface area contributed by atoms with Crippen LogP contribution in [0.25, 0.3) is 0 Å². The molecule has 1 N–H and O–H groups in total. The van der Waals surface area contributed by atoms with Crippen LogP contribution in [0.2, 0.25) is 0 Å². The summed E-state index contributed by atoms with van der Waals surface area (Å²) in [6, 6.07) is 5.14. The van der Waals surface area contributed by atoms with Crippen molar-refractivity contribution in [1.29, 1.82) is 0 Å². The Labute approximate surface area is 135 Å². The van der Waals surface area contributed by atoms with Crippen molar-refractivity contribution < 1.29 is 0 Å². The molecular weight excluding hydrogens is 330 g/mol. The van der Waals surface area contributed by atoms with Crippen molar-refractivity contribution in [3.8, 4) is 0 Å². The Bertz CT molecular complexity index is 430. The van der Waals surface area contributed by atoms with E-state index in [1.54, 1.807) is 0 Å². The number of nitrogens with one attached hydrogen (secondary N) is 1. The Morgan fingerprint density at radius 1 is 1.20 bits per heavy atom. The lowest BCUT2D eigenvalue weighted by atomic mass is 9.66. The first-order chi connectivity index (χ1) is 9.76. The molecule has 2 aliphatic carbocycles. The van der Waals surface area contributed by atoms with Gasteiger partial charge in [-0.2, -0.15) is 0 Å². The van der Waals surface area contributed by atoms with E-state index in [1.807, 2.05) is 11.3 Å². The fourth-order valence-corrected chi connectivity index (χ4v) is 6.00. The third-order valence-corrected chi connectivity index (χ3v) is 7.22. The van der Waals surface area contributed by atoms with Gasteiger partial charge >= 0.3 is 0 Å². The topological polar surface area (TPSA) is 12.0 Å². The summed E-state index contributed by atoms with van der Waals surface area (Å²) in [5, 5.41) is 3.62. The summed E-state index contributed by atoms with van der Waals surface area (Å²) < 4.78 is 1.26. The van der Waals surface area contributed by atoms with Crippen LogP contribution in [0.4, 0.5) is 0 Å². The predicted octanol–water partition coefficient (Wildman–Crippen LogP) is 5.25. The lowest BCUT2D eigenvalue weighted by Gasteiger charge is -2.42. The molecule has 2 saturated carbocycles. The van der Waals surface area contributed by atoms with E-state index < -0.39 is 0 Å². The number of halogens is 1. The Morgan fingerprint density at radius 2 is 2.00 bits per heavy atom. The molecule has 2 aliphatic rings. The zero-order valence-electron chi connectivity index (χ0n) is 12.4. The first kappa shape index (κ1) is 15.1. The quantitative estimate of drug-likeness (QED) is 0.777. The van der Waals surface area contributed by atoms with Crippen LogP contribution in [0.5, 0.6) is 0 Å². The van der Waals surface area contributed by atoms with Crippen molar-refractivity contribution in [3.63, 3.8) is 0 Å². The molecule has 4 atom stereocenters. The first-order valence-electron chi connectivity index (χ1n) is 8.17. The van der Waals surface area contributed by atoms with Gasteiger partial charge in [0, 0.05) is 10.9 Å². The Morgan fingerprint density at radius 3 is 2.70 bits per heavy atom. The number of fused-ring (bicyclic) bond motifs is 1. The summed E-state index contributed by atoms with van der Waals surface area (Å²) in [6.45, 7) is 0. The second-order valence-corrected chi connectivity index (χ2v) is 9.23. The van der Waals surface area contributed by atoms with E-state index >= 15 is 0 Å².